The number of fused-ring (bicyclic) bond motifs is 1. The van der Waals surface area contributed by atoms with Gasteiger partial charge in [0.05, 0.1) is 12.1 Å². The fourth-order valence-electron chi connectivity index (χ4n) is 3.29. The zero-order chi connectivity index (χ0) is 20.2. The summed E-state index contributed by atoms with van der Waals surface area (Å²) in [5.74, 6) is 0.742. The number of likely N-dealkylation sites (N-methyl/N-ethyl adjacent to an activating group) is 1. The van der Waals surface area contributed by atoms with E-state index >= 15 is 0 Å². The number of amides is 1. The van der Waals surface area contributed by atoms with Gasteiger partial charge in [-0.3, -0.25) is 19.5 Å². The monoisotopic (exact) mass is 407 g/mol. The van der Waals surface area contributed by atoms with Crippen molar-refractivity contribution in [3.63, 3.8) is 0 Å². The largest absolute Gasteiger partial charge is 0.305 e. The predicted molar refractivity (Wildman–Crippen MR) is 114 cm³/mol. The summed E-state index contributed by atoms with van der Waals surface area (Å²) < 4.78 is 1.89. The van der Waals surface area contributed by atoms with Gasteiger partial charge in [0.15, 0.2) is 5.82 Å². The van der Waals surface area contributed by atoms with Gasteiger partial charge in [0.1, 0.15) is 11.5 Å². The molecule has 0 saturated carbocycles. The molecule has 1 aromatic carbocycles. The lowest BCUT2D eigenvalue weighted by molar-refractivity contribution is -0.118. The van der Waals surface area contributed by atoms with Crippen LogP contribution < -0.4 is 10.5 Å². The van der Waals surface area contributed by atoms with Crippen LogP contribution in [0.1, 0.15) is 12.0 Å². The van der Waals surface area contributed by atoms with Crippen molar-refractivity contribution in [3.05, 3.63) is 70.6 Å². The Labute approximate surface area is 172 Å². The standard InChI is InChI=1S/C21H21N5O2S/c1-25(29-15-8-3-2-4-9-15)14-18(27)26-13-7-10-16-20(26)23-19(24-21(16)28)17-11-5-6-12-22-17/h2-6,8-9,11-12H,7,10,13-14H2,1H3,(H,23,24,28). The van der Waals surface area contributed by atoms with Gasteiger partial charge in [-0.25, -0.2) is 9.29 Å². The second-order valence-corrected chi connectivity index (χ2v) is 8.05. The summed E-state index contributed by atoms with van der Waals surface area (Å²) in [6, 6.07) is 15.3. The van der Waals surface area contributed by atoms with Crippen molar-refractivity contribution in [1.82, 2.24) is 19.3 Å². The third-order valence-electron chi connectivity index (χ3n) is 4.63. The number of aromatic nitrogens is 3. The maximum atomic E-state index is 13.0. The van der Waals surface area contributed by atoms with Crippen LogP contribution in [0.3, 0.4) is 0 Å². The van der Waals surface area contributed by atoms with Gasteiger partial charge < -0.3 is 4.98 Å². The summed E-state index contributed by atoms with van der Waals surface area (Å²) in [4.78, 5) is 40.0. The van der Waals surface area contributed by atoms with Crippen molar-refractivity contribution >= 4 is 23.7 Å². The number of benzene rings is 1. The van der Waals surface area contributed by atoms with E-state index in [-0.39, 0.29) is 18.0 Å². The molecule has 3 aromatic rings. The van der Waals surface area contributed by atoms with Gasteiger partial charge >= 0.3 is 0 Å². The van der Waals surface area contributed by atoms with Crippen LogP contribution in [-0.2, 0) is 11.2 Å². The fourth-order valence-corrected chi connectivity index (χ4v) is 4.10. The van der Waals surface area contributed by atoms with E-state index in [0.717, 1.165) is 11.3 Å². The molecule has 1 aliphatic rings. The summed E-state index contributed by atoms with van der Waals surface area (Å²) in [5, 5.41) is 0. The first-order valence-electron chi connectivity index (χ1n) is 9.41. The van der Waals surface area contributed by atoms with Crippen LogP contribution in [0.25, 0.3) is 11.5 Å². The van der Waals surface area contributed by atoms with E-state index in [0.29, 0.717) is 35.9 Å². The normalized spacial score (nSPS) is 13.4. The van der Waals surface area contributed by atoms with E-state index < -0.39 is 0 Å². The second-order valence-electron chi connectivity index (χ2n) is 6.77. The molecule has 1 N–H and O–H groups in total. The van der Waals surface area contributed by atoms with E-state index in [1.807, 2.05) is 47.8 Å². The highest BCUT2D eigenvalue weighted by Gasteiger charge is 2.27. The SMILES string of the molecule is CN(CC(=O)N1CCCc2c1nc(-c1ccccn1)[nH]c2=O)Sc1ccccc1. The minimum absolute atomic E-state index is 0.0815. The van der Waals surface area contributed by atoms with Crippen LogP contribution >= 0.6 is 11.9 Å². The van der Waals surface area contributed by atoms with Gasteiger partial charge in [0, 0.05) is 17.6 Å². The minimum Gasteiger partial charge on any atom is -0.305 e. The van der Waals surface area contributed by atoms with Crippen molar-refractivity contribution in [2.45, 2.75) is 17.7 Å². The van der Waals surface area contributed by atoms with Crippen LogP contribution in [0.15, 0.2) is 64.4 Å². The smallest absolute Gasteiger partial charge is 0.256 e. The van der Waals surface area contributed by atoms with E-state index in [1.165, 1.54) is 11.9 Å². The van der Waals surface area contributed by atoms with E-state index in [9.17, 15) is 9.59 Å². The Hall–Kier alpha value is -2.97. The van der Waals surface area contributed by atoms with Crippen molar-refractivity contribution in [3.8, 4) is 11.5 Å². The highest BCUT2D eigenvalue weighted by molar-refractivity contribution is 7.97. The molecule has 0 radical (unpaired) electrons. The molecule has 8 heteroatoms. The Balaban J connectivity index is 1.57. The maximum Gasteiger partial charge on any atom is 0.256 e. The minimum atomic E-state index is -0.208. The summed E-state index contributed by atoms with van der Waals surface area (Å²) in [6.45, 7) is 0.764. The topological polar surface area (TPSA) is 82.2 Å². The lowest BCUT2D eigenvalue weighted by Crippen LogP contribution is -2.42. The molecule has 3 heterocycles. The van der Waals surface area contributed by atoms with Gasteiger partial charge in [0.25, 0.3) is 5.56 Å². The van der Waals surface area contributed by atoms with E-state index in [2.05, 4.69) is 15.0 Å². The molecule has 0 fully saturated rings. The first-order chi connectivity index (χ1) is 14.1. The molecule has 29 heavy (non-hydrogen) atoms. The first-order valence-corrected chi connectivity index (χ1v) is 10.2. The van der Waals surface area contributed by atoms with Crippen molar-refractivity contribution in [2.24, 2.45) is 0 Å². The fraction of sp³-hybridized carbons (Fsp3) is 0.238. The second kappa shape index (κ2) is 8.59. The number of pyridine rings is 1. The van der Waals surface area contributed by atoms with Crippen molar-refractivity contribution < 1.29 is 4.79 Å². The molecule has 0 saturated heterocycles. The van der Waals surface area contributed by atoms with Crippen LogP contribution in [0.2, 0.25) is 0 Å². The molecule has 1 amide bonds. The summed E-state index contributed by atoms with van der Waals surface area (Å²) in [6.07, 6.45) is 2.99. The Morgan fingerprint density at radius 2 is 2.00 bits per heavy atom. The van der Waals surface area contributed by atoms with Crippen LogP contribution in [-0.4, -0.2) is 45.3 Å². The lowest BCUT2D eigenvalue weighted by Gasteiger charge is -2.29. The molecule has 148 valence electrons. The molecule has 0 aliphatic carbocycles. The number of hydrogen-bond donors (Lipinski definition) is 1. The molecule has 0 spiro atoms. The summed E-state index contributed by atoms with van der Waals surface area (Å²) in [7, 11) is 1.88. The number of anilines is 1. The maximum absolute atomic E-state index is 13.0. The molecule has 0 bridgehead atoms. The molecule has 2 aromatic heterocycles. The van der Waals surface area contributed by atoms with Crippen molar-refractivity contribution in [1.29, 1.82) is 0 Å². The van der Waals surface area contributed by atoms with Crippen LogP contribution in [0.5, 0.6) is 0 Å². The average Bonchev–Trinajstić information content (AvgIpc) is 2.74. The number of rotatable bonds is 5. The highest BCUT2D eigenvalue weighted by Crippen LogP contribution is 2.26. The van der Waals surface area contributed by atoms with Gasteiger partial charge in [-0.1, -0.05) is 24.3 Å². The average molecular weight is 407 g/mol. The number of carbonyl (C=O) groups excluding carboxylic acids is 1. The molecule has 4 rings (SSSR count). The van der Waals surface area contributed by atoms with Gasteiger partial charge in [-0.15, -0.1) is 0 Å². The number of aromatic amines is 1. The Morgan fingerprint density at radius 1 is 1.21 bits per heavy atom. The van der Waals surface area contributed by atoms with Gasteiger partial charge in [-0.2, -0.15) is 0 Å². The zero-order valence-electron chi connectivity index (χ0n) is 16.0. The predicted octanol–water partition coefficient (Wildman–Crippen LogP) is 2.75. The van der Waals surface area contributed by atoms with E-state index in [4.69, 9.17) is 0 Å². The Morgan fingerprint density at radius 3 is 2.76 bits per heavy atom. The first kappa shape index (κ1) is 19.4. The molecule has 7 nitrogen and oxygen atoms in total. The van der Waals surface area contributed by atoms with Gasteiger partial charge in [-0.05, 0) is 56.1 Å². The number of nitrogens with zero attached hydrogens (tertiary/aromatic N) is 4. The third-order valence-corrected chi connectivity index (χ3v) is 5.55. The molecular weight excluding hydrogens is 386 g/mol. The number of nitrogens with one attached hydrogen (secondary N) is 1. The number of H-pyrrole nitrogens is 1. The van der Waals surface area contributed by atoms with Gasteiger partial charge in [0.2, 0.25) is 5.91 Å². The summed E-state index contributed by atoms with van der Waals surface area (Å²) in [5.41, 5.74) is 0.921. The number of carbonyl (C=O) groups is 1. The molecule has 1 aliphatic heterocycles. The third kappa shape index (κ3) is 4.38. The van der Waals surface area contributed by atoms with Crippen LogP contribution in [0, 0.1) is 0 Å². The Bertz CT molecular complexity index is 1060. The molecule has 0 atom stereocenters. The zero-order valence-corrected chi connectivity index (χ0v) is 16.9. The van der Waals surface area contributed by atoms with Crippen molar-refractivity contribution in [2.75, 3.05) is 25.0 Å². The molecule has 0 unspecified atom stereocenters. The lowest BCUT2D eigenvalue weighted by atomic mass is 10.1. The van der Waals surface area contributed by atoms with Crippen LogP contribution in [0.4, 0.5) is 5.82 Å². The van der Waals surface area contributed by atoms with E-state index in [1.54, 1.807) is 23.2 Å². The molecular formula is C21H21N5O2S. The number of hydrogen-bond acceptors (Lipinski definition) is 6. The Kier molecular flexibility index (Phi) is 5.73. The summed E-state index contributed by atoms with van der Waals surface area (Å²) >= 11 is 1.51. The quantitative estimate of drug-likeness (QED) is 0.655. The highest BCUT2D eigenvalue weighted by atomic mass is 32.2.